The van der Waals surface area contributed by atoms with E-state index in [1.807, 2.05) is 0 Å². The molecule has 1 aliphatic heterocycles. The van der Waals surface area contributed by atoms with E-state index in [2.05, 4.69) is 23.9 Å². The maximum atomic E-state index is 8.52. The standard InChI is InChI=1S/C9H18N2O/c1-8(2)3-5-11-6-4-9(7-11)10-12/h8,12H,3-7H2,1-2H3/b10-9-. The first-order valence-electron chi connectivity index (χ1n) is 4.64. The van der Waals surface area contributed by atoms with Crippen molar-refractivity contribution in [3.8, 4) is 0 Å². The summed E-state index contributed by atoms with van der Waals surface area (Å²) < 4.78 is 0. The molecule has 0 atom stereocenters. The number of rotatable bonds is 3. The van der Waals surface area contributed by atoms with Gasteiger partial charge in [0.2, 0.25) is 0 Å². The summed E-state index contributed by atoms with van der Waals surface area (Å²) in [4.78, 5) is 2.34. The van der Waals surface area contributed by atoms with Crippen LogP contribution in [0.25, 0.3) is 0 Å². The van der Waals surface area contributed by atoms with E-state index in [1.165, 1.54) is 6.42 Å². The number of hydrogen-bond acceptors (Lipinski definition) is 3. The van der Waals surface area contributed by atoms with Crippen LogP contribution in [0, 0.1) is 5.92 Å². The van der Waals surface area contributed by atoms with E-state index in [4.69, 9.17) is 5.21 Å². The van der Waals surface area contributed by atoms with E-state index in [0.717, 1.165) is 37.7 Å². The molecule has 0 unspecified atom stereocenters. The molecule has 0 saturated carbocycles. The first kappa shape index (κ1) is 9.52. The van der Waals surface area contributed by atoms with Crippen molar-refractivity contribution >= 4 is 5.71 Å². The smallest absolute Gasteiger partial charge is 0.0723 e. The number of hydrogen-bond donors (Lipinski definition) is 1. The Kier molecular flexibility index (Phi) is 3.53. The molecule has 1 aliphatic rings. The Hall–Kier alpha value is -0.570. The van der Waals surface area contributed by atoms with E-state index >= 15 is 0 Å². The van der Waals surface area contributed by atoms with Crippen molar-refractivity contribution in [2.24, 2.45) is 11.1 Å². The SMILES string of the molecule is CC(C)CCN1CC/C(=N/O)C1. The monoisotopic (exact) mass is 170 g/mol. The van der Waals surface area contributed by atoms with E-state index in [-0.39, 0.29) is 0 Å². The van der Waals surface area contributed by atoms with Gasteiger partial charge in [-0.15, -0.1) is 0 Å². The summed E-state index contributed by atoms with van der Waals surface area (Å²) in [6.07, 6.45) is 2.17. The van der Waals surface area contributed by atoms with Gasteiger partial charge in [-0.1, -0.05) is 19.0 Å². The van der Waals surface area contributed by atoms with Crippen molar-refractivity contribution in [2.75, 3.05) is 19.6 Å². The van der Waals surface area contributed by atoms with Crippen LogP contribution in [0.3, 0.4) is 0 Å². The highest BCUT2D eigenvalue weighted by molar-refractivity contribution is 5.87. The van der Waals surface area contributed by atoms with Crippen molar-refractivity contribution in [2.45, 2.75) is 26.7 Å². The molecule has 0 aromatic carbocycles. The average molecular weight is 170 g/mol. The fourth-order valence-corrected chi connectivity index (χ4v) is 1.42. The minimum atomic E-state index is 0.764. The van der Waals surface area contributed by atoms with Crippen LogP contribution in [0.2, 0.25) is 0 Å². The minimum absolute atomic E-state index is 0.764. The van der Waals surface area contributed by atoms with Crippen molar-refractivity contribution < 1.29 is 5.21 Å². The third-order valence-electron chi connectivity index (χ3n) is 2.29. The zero-order valence-electron chi connectivity index (χ0n) is 7.95. The molecule has 1 rings (SSSR count). The van der Waals surface area contributed by atoms with Gasteiger partial charge in [0, 0.05) is 19.5 Å². The molecule has 0 aromatic heterocycles. The van der Waals surface area contributed by atoms with E-state index in [9.17, 15) is 0 Å². The predicted octanol–water partition coefficient (Wildman–Crippen LogP) is 1.57. The third kappa shape index (κ3) is 2.81. The molecule has 0 spiro atoms. The molecule has 1 N–H and O–H groups in total. The highest BCUT2D eigenvalue weighted by atomic mass is 16.4. The maximum Gasteiger partial charge on any atom is 0.0723 e. The minimum Gasteiger partial charge on any atom is -0.411 e. The van der Waals surface area contributed by atoms with E-state index in [1.54, 1.807) is 0 Å². The molecule has 1 heterocycles. The molecule has 12 heavy (non-hydrogen) atoms. The molecule has 3 heteroatoms. The molecule has 1 fully saturated rings. The van der Waals surface area contributed by atoms with Gasteiger partial charge >= 0.3 is 0 Å². The second-order valence-electron chi connectivity index (χ2n) is 3.87. The summed E-state index contributed by atoms with van der Waals surface area (Å²) in [5.41, 5.74) is 0.929. The summed E-state index contributed by atoms with van der Waals surface area (Å²) in [5, 5.41) is 11.8. The summed E-state index contributed by atoms with van der Waals surface area (Å²) in [5.74, 6) is 0.764. The summed E-state index contributed by atoms with van der Waals surface area (Å²) in [6, 6.07) is 0. The number of likely N-dealkylation sites (tertiary alicyclic amines) is 1. The highest BCUT2D eigenvalue weighted by Gasteiger charge is 2.17. The fourth-order valence-electron chi connectivity index (χ4n) is 1.42. The Morgan fingerprint density at radius 1 is 1.58 bits per heavy atom. The normalized spacial score (nSPS) is 22.8. The van der Waals surface area contributed by atoms with Crippen molar-refractivity contribution in [3.63, 3.8) is 0 Å². The van der Waals surface area contributed by atoms with Gasteiger partial charge in [-0.25, -0.2) is 0 Å². The molecule has 0 bridgehead atoms. The zero-order valence-corrected chi connectivity index (χ0v) is 7.95. The van der Waals surface area contributed by atoms with Crippen LogP contribution in [-0.2, 0) is 0 Å². The maximum absolute atomic E-state index is 8.52. The molecule has 0 amide bonds. The van der Waals surface area contributed by atoms with Crippen molar-refractivity contribution in [1.29, 1.82) is 0 Å². The molecule has 3 nitrogen and oxygen atoms in total. The first-order chi connectivity index (χ1) is 5.72. The average Bonchev–Trinajstić information content (AvgIpc) is 2.48. The second kappa shape index (κ2) is 4.45. The molecule has 0 radical (unpaired) electrons. The Morgan fingerprint density at radius 3 is 2.83 bits per heavy atom. The lowest BCUT2D eigenvalue weighted by atomic mass is 10.1. The lowest BCUT2D eigenvalue weighted by Gasteiger charge is -2.14. The van der Waals surface area contributed by atoms with Crippen LogP contribution >= 0.6 is 0 Å². The molecular weight excluding hydrogens is 152 g/mol. The second-order valence-corrected chi connectivity index (χ2v) is 3.87. The van der Waals surface area contributed by atoms with Gasteiger partial charge in [0.15, 0.2) is 0 Å². The Morgan fingerprint density at radius 2 is 2.33 bits per heavy atom. The van der Waals surface area contributed by atoms with Crippen LogP contribution in [-0.4, -0.2) is 35.5 Å². The largest absolute Gasteiger partial charge is 0.411 e. The Bertz CT molecular complexity index is 166. The van der Waals surface area contributed by atoms with Crippen LogP contribution in [0.1, 0.15) is 26.7 Å². The van der Waals surface area contributed by atoms with Crippen LogP contribution in [0.4, 0.5) is 0 Å². The van der Waals surface area contributed by atoms with Crippen molar-refractivity contribution in [1.82, 2.24) is 4.90 Å². The van der Waals surface area contributed by atoms with Crippen LogP contribution < -0.4 is 0 Å². The molecular formula is C9H18N2O. The molecule has 70 valence electrons. The summed E-state index contributed by atoms with van der Waals surface area (Å²) >= 11 is 0. The van der Waals surface area contributed by atoms with E-state index < -0.39 is 0 Å². The van der Waals surface area contributed by atoms with Gasteiger partial charge in [-0.05, 0) is 18.9 Å². The third-order valence-corrected chi connectivity index (χ3v) is 2.29. The number of oxime groups is 1. The molecule has 0 aromatic rings. The van der Waals surface area contributed by atoms with Crippen LogP contribution in [0.15, 0.2) is 5.16 Å². The van der Waals surface area contributed by atoms with Crippen molar-refractivity contribution in [3.05, 3.63) is 0 Å². The van der Waals surface area contributed by atoms with Gasteiger partial charge in [0.25, 0.3) is 0 Å². The van der Waals surface area contributed by atoms with Gasteiger partial charge in [-0.2, -0.15) is 0 Å². The fraction of sp³-hybridized carbons (Fsp3) is 0.889. The lowest BCUT2D eigenvalue weighted by molar-refractivity contribution is 0.309. The van der Waals surface area contributed by atoms with Gasteiger partial charge < -0.3 is 5.21 Å². The summed E-state index contributed by atoms with van der Waals surface area (Å²) in [7, 11) is 0. The quantitative estimate of drug-likeness (QED) is 0.515. The Balaban J connectivity index is 2.19. The van der Waals surface area contributed by atoms with E-state index in [0.29, 0.717) is 0 Å². The zero-order chi connectivity index (χ0) is 8.97. The van der Waals surface area contributed by atoms with Gasteiger partial charge in [-0.3, -0.25) is 4.90 Å². The number of nitrogens with zero attached hydrogens (tertiary/aromatic N) is 2. The van der Waals surface area contributed by atoms with Gasteiger partial charge in [0.05, 0.1) is 5.71 Å². The van der Waals surface area contributed by atoms with Gasteiger partial charge in [0.1, 0.15) is 0 Å². The summed E-state index contributed by atoms with van der Waals surface area (Å²) in [6.45, 7) is 7.53. The first-order valence-corrected chi connectivity index (χ1v) is 4.64. The highest BCUT2D eigenvalue weighted by Crippen LogP contribution is 2.08. The Labute approximate surface area is 74.1 Å². The lowest BCUT2D eigenvalue weighted by Crippen LogP contribution is -2.22. The predicted molar refractivity (Wildman–Crippen MR) is 49.7 cm³/mol. The molecule has 1 saturated heterocycles. The molecule has 0 aliphatic carbocycles. The topological polar surface area (TPSA) is 35.8 Å². The van der Waals surface area contributed by atoms with Crippen LogP contribution in [0.5, 0.6) is 0 Å².